The standard InChI is InChI=1S/C22H24FN5O4.ClH/c23-17-3-5-18(6-4-17)32-11-10-26-8-9-27-19(14-26)21(30)28(22(27)31)15-20(29)25-13-16-2-1-7-24-12-16;/h1-7,12,19H,8-11,13-15H2,(H,25,29);1H. The third-order valence-corrected chi connectivity index (χ3v) is 5.50. The molecule has 2 aliphatic rings. The van der Waals surface area contributed by atoms with Gasteiger partial charge in [-0.3, -0.25) is 24.4 Å². The third-order valence-electron chi connectivity index (χ3n) is 5.50. The van der Waals surface area contributed by atoms with Gasteiger partial charge in [0.05, 0.1) is 0 Å². The zero-order chi connectivity index (χ0) is 22.5. The first-order valence-electron chi connectivity index (χ1n) is 10.4. The normalized spacial score (nSPS) is 18.0. The third kappa shape index (κ3) is 5.96. The number of imide groups is 1. The number of rotatable bonds is 8. The number of hydrogen-bond donors (Lipinski definition) is 1. The molecular weight excluding hydrogens is 453 g/mol. The Morgan fingerprint density at radius 2 is 1.97 bits per heavy atom. The van der Waals surface area contributed by atoms with E-state index in [1.807, 2.05) is 11.0 Å². The number of amides is 4. The molecule has 176 valence electrons. The van der Waals surface area contributed by atoms with Crippen molar-refractivity contribution in [2.75, 3.05) is 39.3 Å². The van der Waals surface area contributed by atoms with Gasteiger partial charge >= 0.3 is 6.03 Å². The second-order valence-corrected chi connectivity index (χ2v) is 7.66. The Balaban J connectivity index is 0.00000306. The van der Waals surface area contributed by atoms with Gasteiger partial charge in [0.15, 0.2) is 0 Å². The molecule has 2 saturated heterocycles. The van der Waals surface area contributed by atoms with Crippen LogP contribution in [0.2, 0.25) is 0 Å². The predicted molar refractivity (Wildman–Crippen MR) is 119 cm³/mol. The SMILES string of the molecule is Cl.O=C(CN1C(=O)C2CN(CCOc3ccc(F)cc3)CCN2C1=O)NCc1cccnc1. The summed E-state index contributed by atoms with van der Waals surface area (Å²) in [5.41, 5.74) is 0.829. The van der Waals surface area contributed by atoms with Crippen LogP contribution in [0.4, 0.5) is 9.18 Å². The number of fused-ring (bicyclic) bond motifs is 1. The molecule has 2 fully saturated rings. The van der Waals surface area contributed by atoms with E-state index < -0.39 is 18.0 Å². The summed E-state index contributed by atoms with van der Waals surface area (Å²) in [6.45, 7) is 2.29. The minimum absolute atomic E-state index is 0. The van der Waals surface area contributed by atoms with Crippen molar-refractivity contribution in [2.24, 2.45) is 0 Å². The molecular formula is C22H25ClFN5O4. The molecule has 0 bridgehead atoms. The fourth-order valence-corrected chi connectivity index (χ4v) is 3.78. The number of urea groups is 1. The summed E-state index contributed by atoms with van der Waals surface area (Å²) in [5.74, 6) is -0.524. The molecule has 1 aromatic carbocycles. The molecule has 0 aliphatic carbocycles. The number of carbonyl (C=O) groups is 3. The van der Waals surface area contributed by atoms with E-state index in [1.54, 1.807) is 30.6 Å². The van der Waals surface area contributed by atoms with E-state index in [-0.39, 0.29) is 37.2 Å². The number of piperazine rings is 1. The fourth-order valence-electron chi connectivity index (χ4n) is 3.78. The molecule has 0 radical (unpaired) electrons. The predicted octanol–water partition coefficient (Wildman–Crippen LogP) is 1.29. The van der Waals surface area contributed by atoms with Crippen molar-refractivity contribution < 1.29 is 23.5 Å². The van der Waals surface area contributed by atoms with Crippen molar-refractivity contribution >= 4 is 30.3 Å². The molecule has 2 aliphatic heterocycles. The van der Waals surface area contributed by atoms with Crippen molar-refractivity contribution in [3.63, 3.8) is 0 Å². The zero-order valence-electron chi connectivity index (χ0n) is 17.9. The first-order valence-corrected chi connectivity index (χ1v) is 10.4. The van der Waals surface area contributed by atoms with Crippen molar-refractivity contribution in [1.29, 1.82) is 0 Å². The summed E-state index contributed by atoms with van der Waals surface area (Å²) in [5, 5.41) is 2.71. The van der Waals surface area contributed by atoms with Crippen LogP contribution in [0.3, 0.4) is 0 Å². The lowest BCUT2D eigenvalue weighted by atomic mass is 10.2. The summed E-state index contributed by atoms with van der Waals surface area (Å²) >= 11 is 0. The van der Waals surface area contributed by atoms with E-state index in [0.717, 1.165) is 10.5 Å². The molecule has 33 heavy (non-hydrogen) atoms. The Labute approximate surface area is 196 Å². The maximum Gasteiger partial charge on any atom is 0.328 e. The molecule has 2 aromatic rings. The van der Waals surface area contributed by atoms with E-state index in [9.17, 15) is 18.8 Å². The first kappa shape index (κ1) is 24.4. The molecule has 1 N–H and O–H groups in total. The average molecular weight is 478 g/mol. The van der Waals surface area contributed by atoms with Crippen molar-refractivity contribution in [3.05, 3.63) is 60.2 Å². The van der Waals surface area contributed by atoms with Gasteiger partial charge in [0.2, 0.25) is 5.91 Å². The van der Waals surface area contributed by atoms with E-state index in [1.165, 1.54) is 17.0 Å². The molecule has 1 unspecified atom stereocenters. The molecule has 4 amide bonds. The van der Waals surface area contributed by atoms with Crippen LogP contribution in [0.1, 0.15) is 5.56 Å². The second kappa shape index (κ2) is 11.1. The lowest BCUT2D eigenvalue weighted by molar-refractivity contribution is -0.133. The minimum atomic E-state index is -0.604. The summed E-state index contributed by atoms with van der Waals surface area (Å²) in [6.07, 6.45) is 3.28. The summed E-state index contributed by atoms with van der Waals surface area (Å²) in [4.78, 5) is 46.3. The maximum atomic E-state index is 13.0. The highest BCUT2D eigenvalue weighted by atomic mass is 35.5. The van der Waals surface area contributed by atoms with E-state index in [2.05, 4.69) is 10.3 Å². The van der Waals surface area contributed by atoms with Crippen LogP contribution in [0, 0.1) is 5.82 Å². The van der Waals surface area contributed by atoms with Gasteiger partial charge in [0.25, 0.3) is 5.91 Å². The highest BCUT2D eigenvalue weighted by Crippen LogP contribution is 2.22. The van der Waals surface area contributed by atoms with Gasteiger partial charge in [-0.05, 0) is 35.9 Å². The van der Waals surface area contributed by atoms with Crippen LogP contribution in [-0.2, 0) is 16.1 Å². The highest BCUT2D eigenvalue weighted by molar-refractivity contribution is 6.06. The van der Waals surface area contributed by atoms with Crippen molar-refractivity contribution in [3.8, 4) is 5.75 Å². The van der Waals surface area contributed by atoms with E-state index in [0.29, 0.717) is 38.5 Å². The van der Waals surface area contributed by atoms with Crippen LogP contribution in [0.25, 0.3) is 0 Å². The van der Waals surface area contributed by atoms with Crippen molar-refractivity contribution in [1.82, 2.24) is 25.0 Å². The van der Waals surface area contributed by atoms with Gasteiger partial charge < -0.3 is 15.0 Å². The number of pyridine rings is 1. The average Bonchev–Trinajstić information content (AvgIpc) is 3.04. The molecule has 9 nitrogen and oxygen atoms in total. The Bertz CT molecular complexity index is 979. The molecule has 0 spiro atoms. The Hall–Kier alpha value is -3.24. The summed E-state index contributed by atoms with van der Waals surface area (Å²) < 4.78 is 18.6. The van der Waals surface area contributed by atoms with E-state index >= 15 is 0 Å². The first-order chi connectivity index (χ1) is 15.5. The maximum absolute atomic E-state index is 13.0. The number of nitrogens with one attached hydrogen (secondary N) is 1. The van der Waals surface area contributed by atoms with Gasteiger partial charge in [0, 0.05) is 45.1 Å². The number of hydrogen-bond acceptors (Lipinski definition) is 6. The van der Waals surface area contributed by atoms with Gasteiger partial charge in [-0.2, -0.15) is 0 Å². The number of benzene rings is 1. The van der Waals surface area contributed by atoms with Crippen LogP contribution in [-0.4, -0.2) is 82.9 Å². The molecule has 1 aromatic heterocycles. The topological polar surface area (TPSA) is 95.1 Å². The number of nitrogens with zero attached hydrogens (tertiary/aromatic N) is 4. The number of aromatic nitrogens is 1. The fraction of sp³-hybridized carbons (Fsp3) is 0.364. The van der Waals surface area contributed by atoms with Crippen molar-refractivity contribution in [2.45, 2.75) is 12.6 Å². The summed E-state index contributed by atoms with van der Waals surface area (Å²) in [7, 11) is 0. The lowest BCUT2D eigenvalue weighted by Gasteiger charge is -2.35. The van der Waals surface area contributed by atoms with E-state index in [4.69, 9.17) is 4.74 Å². The Kier molecular flexibility index (Phi) is 8.18. The number of ether oxygens (including phenoxy) is 1. The Morgan fingerprint density at radius 1 is 1.18 bits per heavy atom. The molecule has 0 saturated carbocycles. The van der Waals surface area contributed by atoms with Crippen LogP contribution in [0.5, 0.6) is 5.75 Å². The smallest absolute Gasteiger partial charge is 0.328 e. The zero-order valence-corrected chi connectivity index (χ0v) is 18.7. The van der Waals surface area contributed by atoms with Gasteiger partial charge in [-0.25, -0.2) is 9.18 Å². The summed E-state index contributed by atoms with van der Waals surface area (Å²) in [6, 6.07) is 8.34. The van der Waals surface area contributed by atoms with Gasteiger partial charge in [-0.15, -0.1) is 12.4 Å². The van der Waals surface area contributed by atoms with Crippen LogP contribution >= 0.6 is 12.4 Å². The molecule has 3 heterocycles. The number of carbonyl (C=O) groups excluding carboxylic acids is 3. The Morgan fingerprint density at radius 3 is 2.70 bits per heavy atom. The second-order valence-electron chi connectivity index (χ2n) is 7.66. The van der Waals surface area contributed by atoms with Gasteiger partial charge in [0.1, 0.15) is 30.8 Å². The molecule has 11 heteroatoms. The lowest BCUT2D eigenvalue weighted by Crippen LogP contribution is -2.53. The highest BCUT2D eigenvalue weighted by Gasteiger charge is 2.47. The van der Waals surface area contributed by atoms with Gasteiger partial charge in [-0.1, -0.05) is 6.07 Å². The quantitative estimate of drug-likeness (QED) is 0.576. The van der Waals surface area contributed by atoms with Crippen LogP contribution in [0.15, 0.2) is 48.8 Å². The monoisotopic (exact) mass is 477 g/mol. The minimum Gasteiger partial charge on any atom is -0.492 e. The molecule has 1 atom stereocenters. The largest absolute Gasteiger partial charge is 0.492 e. The number of halogens is 2. The molecule has 4 rings (SSSR count). The van der Waals surface area contributed by atoms with Crippen LogP contribution < -0.4 is 10.1 Å².